The van der Waals surface area contributed by atoms with E-state index in [1.807, 2.05) is 106 Å². The number of carbonyl (C=O) groups is 1. The summed E-state index contributed by atoms with van der Waals surface area (Å²) in [6.45, 7) is 23.3. The standard InChI is InChI=1S/C69H75NO7/c1-12-48(6)72-64-41-21-53(43-46(64)4)49(7)54-22-42-65(47(5)44-54)76-66(71)52-19-31-58(32-20-52)74-60-35-25-56(26-36-60)68(10,13-2)69(11,14-3)77-63-29-17-51(18-30-63)45-50-15-27-57(28-16-50)73-61-37-39-62(40-38-61)75-59-33-23-55(24-34-59)67(8,9)70/h15-44,48-49H,12-14,45,70H2,1-11H3. The van der Waals surface area contributed by atoms with Crippen LogP contribution in [-0.4, -0.2) is 17.7 Å². The molecule has 398 valence electrons. The molecule has 0 aliphatic carbocycles. The number of benzene rings is 8. The molecule has 0 amide bonds. The molecule has 2 N–H and O–H groups in total. The van der Waals surface area contributed by atoms with Crippen LogP contribution in [0.5, 0.6) is 51.7 Å². The molecule has 8 aromatic rings. The molecule has 77 heavy (non-hydrogen) atoms. The van der Waals surface area contributed by atoms with E-state index in [0.717, 1.165) is 88.0 Å². The quantitative estimate of drug-likeness (QED) is 0.0529. The van der Waals surface area contributed by atoms with Crippen molar-refractivity contribution in [1.82, 2.24) is 0 Å². The van der Waals surface area contributed by atoms with Crippen molar-refractivity contribution >= 4 is 5.97 Å². The lowest BCUT2D eigenvalue weighted by Gasteiger charge is -2.46. The number of aryl methyl sites for hydroxylation is 2. The Hall–Kier alpha value is -7.81. The first-order valence-electron chi connectivity index (χ1n) is 27.1. The number of rotatable bonds is 22. The molecule has 0 aliphatic heterocycles. The van der Waals surface area contributed by atoms with Crippen molar-refractivity contribution in [1.29, 1.82) is 0 Å². The van der Waals surface area contributed by atoms with Gasteiger partial charge < -0.3 is 34.2 Å². The second kappa shape index (κ2) is 24.0. The molecular weight excluding hydrogens is 955 g/mol. The maximum Gasteiger partial charge on any atom is 0.343 e. The lowest BCUT2D eigenvalue weighted by molar-refractivity contribution is 0.00301. The molecule has 0 aliphatic rings. The summed E-state index contributed by atoms with van der Waals surface area (Å²) in [5.74, 6) is 6.29. The summed E-state index contributed by atoms with van der Waals surface area (Å²) < 4.78 is 37.4. The average molecular weight is 1030 g/mol. The molecule has 8 heteroatoms. The van der Waals surface area contributed by atoms with Gasteiger partial charge in [0.2, 0.25) is 0 Å². The number of hydrogen-bond donors (Lipinski definition) is 1. The van der Waals surface area contributed by atoms with Crippen molar-refractivity contribution in [2.75, 3.05) is 0 Å². The Morgan fingerprint density at radius 1 is 0.494 bits per heavy atom. The molecule has 8 rings (SSSR count). The molecule has 8 nitrogen and oxygen atoms in total. The predicted octanol–water partition coefficient (Wildman–Crippen LogP) is 17.9. The second-order valence-electron chi connectivity index (χ2n) is 21.4. The van der Waals surface area contributed by atoms with E-state index in [-0.39, 0.29) is 17.4 Å². The summed E-state index contributed by atoms with van der Waals surface area (Å²) in [5.41, 5.74) is 14.4. The summed E-state index contributed by atoms with van der Waals surface area (Å²) in [4.78, 5) is 13.3. The van der Waals surface area contributed by atoms with Gasteiger partial charge in [-0.05, 0) is 221 Å². The lowest BCUT2D eigenvalue weighted by atomic mass is 9.66. The van der Waals surface area contributed by atoms with Crippen molar-refractivity contribution in [3.05, 3.63) is 232 Å². The van der Waals surface area contributed by atoms with Crippen LogP contribution in [0.15, 0.2) is 182 Å². The predicted molar refractivity (Wildman–Crippen MR) is 311 cm³/mol. The Bertz CT molecular complexity index is 3220. The first-order chi connectivity index (χ1) is 36.8. The van der Waals surface area contributed by atoms with Gasteiger partial charge in [0.25, 0.3) is 0 Å². The Kier molecular flexibility index (Phi) is 17.3. The van der Waals surface area contributed by atoms with Gasteiger partial charge in [0.1, 0.15) is 57.3 Å². The van der Waals surface area contributed by atoms with Gasteiger partial charge in [0, 0.05) is 16.9 Å². The lowest BCUT2D eigenvalue weighted by Crippen LogP contribution is -2.51. The molecule has 0 saturated carbocycles. The molecule has 4 atom stereocenters. The van der Waals surface area contributed by atoms with Gasteiger partial charge in [-0.3, -0.25) is 0 Å². The fourth-order valence-electron chi connectivity index (χ4n) is 9.57. The molecule has 0 spiro atoms. The van der Waals surface area contributed by atoms with Crippen LogP contribution in [0.25, 0.3) is 0 Å². The van der Waals surface area contributed by atoms with E-state index in [4.69, 9.17) is 34.2 Å². The van der Waals surface area contributed by atoms with Crippen molar-refractivity contribution in [3.8, 4) is 51.7 Å². The number of hydrogen-bond acceptors (Lipinski definition) is 8. The van der Waals surface area contributed by atoms with E-state index in [1.54, 1.807) is 24.3 Å². The molecule has 0 heterocycles. The van der Waals surface area contributed by atoms with Crippen LogP contribution in [0.4, 0.5) is 0 Å². The minimum atomic E-state index is -0.512. The monoisotopic (exact) mass is 1030 g/mol. The van der Waals surface area contributed by atoms with Crippen LogP contribution in [0.1, 0.15) is 142 Å². The Morgan fingerprint density at radius 3 is 1.31 bits per heavy atom. The molecule has 0 aromatic heterocycles. The van der Waals surface area contributed by atoms with Gasteiger partial charge in [0.15, 0.2) is 0 Å². The third-order valence-corrected chi connectivity index (χ3v) is 15.4. The van der Waals surface area contributed by atoms with Gasteiger partial charge in [-0.15, -0.1) is 0 Å². The van der Waals surface area contributed by atoms with Gasteiger partial charge in [0.05, 0.1) is 11.7 Å². The number of carbonyl (C=O) groups excluding carboxylic acids is 1. The van der Waals surface area contributed by atoms with E-state index >= 15 is 0 Å². The summed E-state index contributed by atoms with van der Waals surface area (Å²) in [7, 11) is 0. The maximum atomic E-state index is 13.3. The summed E-state index contributed by atoms with van der Waals surface area (Å²) in [5, 5.41) is 0. The Balaban J connectivity index is 0.820. The fourth-order valence-corrected chi connectivity index (χ4v) is 9.57. The van der Waals surface area contributed by atoms with Crippen LogP contribution in [0, 0.1) is 13.8 Å². The first kappa shape index (κ1) is 55.4. The average Bonchev–Trinajstić information content (AvgIpc) is 3.43. The molecule has 0 fully saturated rings. The fraction of sp³-hybridized carbons (Fsp3) is 0.290. The van der Waals surface area contributed by atoms with Crippen molar-refractivity contribution in [3.63, 3.8) is 0 Å². The smallest absolute Gasteiger partial charge is 0.343 e. The zero-order chi connectivity index (χ0) is 54.9. The molecular formula is C69H75NO7. The van der Waals surface area contributed by atoms with Gasteiger partial charge >= 0.3 is 5.97 Å². The molecule has 0 bridgehead atoms. The zero-order valence-corrected chi connectivity index (χ0v) is 46.7. The van der Waals surface area contributed by atoms with Gasteiger partial charge in [-0.1, -0.05) is 107 Å². The number of ether oxygens (including phenoxy) is 6. The highest BCUT2D eigenvalue weighted by Gasteiger charge is 2.45. The van der Waals surface area contributed by atoms with Crippen LogP contribution < -0.4 is 34.2 Å². The van der Waals surface area contributed by atoms with Crippen LogP contribution in [-0.2, 0) is 17.4 Å². The summed E-state index contributed by atoms with van der Waals surface area (Å²) >= 11 is 0. The van der Waals surface area contributed by atoms with Gasteiger partial charge in [-0.2, -0.15) is 0 Å². The van der Waals surface area contributed by atoms with E-state index < -0.39 is 17.1 Å². The SMILES string of the molecule is CCC(C)Oc1ccc(C(C)c2ccc(OC(=O)c3ccc(Oc4ccc(C(C)(CC)C(C)(CC)Oc5ccc(Cc6ccc(Oc7ccc(Oc8ccc(C(C)(C)N)cc8)cc7)cc6)cc5)cc4)cc3)c(C)c2)cc1C. The Labute approximate surface area is 457 Å². The van der Waals surface area contributed by atoms with Crippen LogP contribution >= 0.6 is 0 Å². The second-order valence-corrected chi connectivity index (χ2v) is 21.4. The van der Waals surface area contributed by atoms with Crippen LogP contribution in [0.3, 0.4) is 0 Å². The third-order valence-electron chi connectivity index (χ3n) is 15.4. The van der Waals surface area contributed by atoms with Crippen molar-refractivity contribution in [2.24, 2.45) is 5.73 Å². The van der Waals surface area contributed by atoms with Crippen molar-refractivity contribution < 1.29 is 33.2 Å². The highest BCUT2D eigenvalue weighted by Crippen LogP contribution is 2.44. The first-order valence-corrected chi connectivity index (χ1v) is 27.1. The number of nitrogens with two attached hydrogens (primary N) is 1. The summed E-state index contributed by atoms with van der Waals surface area (Å²) in [6.07, 6.45) is 3.57. The van der Waals surface area contributed by atoms with E-state index in [0.29, 0.717) is 22.8 Å². The minimum absolute atomic E-state index is 0.154. The highest BCUT2D eigenvalue weighted by atomic mass is 16.5. The molecule has 8 aromatic carbocycles. The van der Waals surface area contributed by atoms with Crippen LogP contribution in [0.2, 0.25) is 0 Å². The van der Waals surface area contributed by atoms with E-state index in [1.165, 1.54) is 16.7 Å². The molecule has 4 unspecified atom stereocenters. The van der Waals surface area contributed by atoms with E-state index in [2.05, 4.69) is 128 Å². The largest absolute Gasteiger partial charge is 0.490 e. The zero-order valence-electron chi connectivity index (χ0n) is 46.7. The van der Waals surface area contributed by atoms with Gasteiger partial charge in [-0.25, -0.2) is 4.79 Å². The van der Waals surface area contributed by atoms with E-state index in [9.17, 15) is 4.79 Å². The third kappa shape index (κ3) is 13.6. The normalized spacial score (nSPS) is 13.8. The molecule has 0 radical (unpaired) electrons. The number of esters is 1. The Morgan fingerprint density at radius 2 is 0.896 bits per heavy atom. The molecule has 0 saturated heterocycles. The van der Waals surface area contributed by atoms with Crippen molar-refractivity contribution in [2.45, 2.75) is 130 Å². The minimum Gasteiger partial charge on any atom is -0.490 e. The highest BCUT2D eigenvalue weighted by molar-refractivity contribution is 5.91. The summed E-state index contributed by atoms with van der Waals surface area (Å²) in [6, 6.07) is 59.8. The topological polar surface area (TPSA) is 98.5 Å². The maximum absolute atomic E-state index is 13.3.